The maximum atomic E-state index is 10.0. The van der Waals surface area contributed by atoms with Gasteiger partial charge in [-0.25, -0.2) is 0 Å². The number of aliphatic hydroxyl groups excluding tert-OH is 2. The fourth-order valence-electron chi connectivity index (χ4n) is 1.67. The molecule has 0 aliphatic carbocycles. The molecule has 4 N–H and O–H groups in total. The Morgan fingerprint density at radius 2 is 1.43 bits per heavy atom. The van der Waals surface area contributed by atoms with Crippen LogP contribution in [0.2, 0.25) is 0 Å². The van der Waals surface area contributed by atoms with Crippen LogP contribution in [-0.2, 0) is 0 Å². The van der Waals surface area contributed by atoms with E-state index in [-0.39, 0.29) is 18.8 Å². The molecule has 0 aliphatic heterocycles. The molecule has 0 heterocycles. The van der Waals surface area contributed by atoms with E-state index in [0.29, 0.717) is 0 Å². The van der Waals surface area contributed by atoms with Crippen molar-refractivity contribution in [2.75, 3.05) is 13.2 Å². The first kappa shape index (κ1) is 13.8. The number of aliphatic hydroxyl groups is 4. The summed E-state index contributed by atoms with van der Waals surface area (Å²) >= 11 is 0. The van der Waals surface area contributed by atoms with Gasteiger partial charge in [-0.15, -0.1) is 0 Å². The molecule has 0 fully saturated rings. The Morgan fingerprint density at radius 1 is 1.00 bits per heavy atom. The molecular weight excluding hydrogens is 184 g/mol. The first-order chi connectivity index (χ1) is 6.35. The van der Waals surface area contributed by atoms with Crippen LogP contribution in [0.15, 0.2) is 0 Å². The zero-order chi connectivity index (χ0) is 11.4. The van der Waals surface area contributed by atoms with Crippen LogP contribution in [0.1, 0.15) is 33.6 Å². The van der Waals surface area contributed by atoms with E-state index in [0.717, 1.165) is 0 Å². The lowest BCUT2D eigenvalue weighted by Gasteiger charge is -2.41. The largest absolute Gasteiger partial charge is 0.393 e. The van der Waals surface area contributed by atoms with Crippen molar-refractivity contribution in [1.29, 1.82) is 0 Å². The Labute approximate surface area is 85.2 Å². The lowest BCUT2D eigenvalue weighted by atomic mass is 9.76. The van der Waals surface area contributed by atoms with Gasteiger partial charge >= 0.3 is 0 Å². The van der Waals surface area contributed by atoms with Gasteiger partial charge in [0.2, 0.25) is 0 Å². The SMILES string of the molecule is CCC(O)(CO)C(O)(CO)CC(C)C. The lowest BCUT2D eigenvalue weighted by molar-refractivity contribution is -0.197. The smallest absolute Gasteiger partial charge is 0.119 e. The summed E-state index contributed by atoms with van der Waals surface area (Å²) in [6.45, 7) is 4.34. The lowest BCUT2D eigenvalue weighted by Crippen LogP contribution is -2.59. The van der Waals surface area contributed by atoms with Crippen molar-refractivity contribution in [3.8, 4) is 0 Å². The van der Waals surface area contributed by atoms with Crippen molar-refractivity contribution in [3.05, 3.63) is 0 Å². The minimum Gasteiger partial charge on any atom is -0.393 e. The van der Waals surface area contributed by atoms with Crippen molar-refractivity contribution in [1.82, 2.24) is 0 Å². The quantitative estimate of drug-likeness (QED) is 0.489. The summed E-state index contributed by atoms with van der Waals surface area (Å²) in [5.41, 5.74) is -3.24. The van der Waals surface area contributed by atoms with E-state index >= 15 is 0 Å². The van der Waals surface area contributed by atoms with Crippen molar-refractivity contribution in [2.24, 2.45) is 5.92 Å². The molecule has 0 aromatic heterocycles. The predicted octanol–water partition coefficient (Wildman–Crippen LogP) is -0.111. The van der Waals surface area contributed by atoms with Crippen LogP contribution in [0.3, 0.4) is 0 Å². The van der Waals surface area contributed by atoms with E-state index in [9.17, 15) is 10.2 Å². The second-order valence-electron chi connectivity index (χ2n) is 4.33. The second-order valence-corrected chi connectivity index (χ2v) is 4.33. The van der Waals surface area contributed by atoms with E-state index in [4.69, 9.17) is 10.2 Å². The highest BCUT2D eigenvalue weighted by Crippen LogP contribution is 2.31. The molecule has 0 spiro atoms. The maximum Gasteiger partial charge on any atom is 0.119 e. The molecule has 0 radical (unpaired) electrons. The Hall–Kier alpha value is -0.160. The van der Waals surface area contributed by atoms with Crippen LogP contribution in [0, 0.1) is 5.92 Å². The molecule has 0 bridgehead atoms. The van der Waals surface area contributed by atoms with Gasteiger partial charge in [0, 0.05) is 0 Å². The average Bonchev–Trinajstić information content (AvgIpc) is 2.15. The predicted molar refractivity (Wildman–Crippen MR) is 53.8 cm³/mol. The zero-order valence-corrected chi connectivity index (χ0v) is 9.19. The van der Waals surface area contributed by atoms with E-state index in [1.165, 1.54) is 0 Å². The van der Waals surface area contributed by atoms with Gasteiger partial charge in [0.05, 0.1) is 13.2 Å². The van der Waals surface area contributed by atoms with Gasteiger partial charge in [-0.05, 0) is 18.8 Å². The monoisotopic (exact) mass is 206 g/mol. The third kappa shape index (κ3) is 2.67. The fraction of sp³-hybridized carbons (Fsp3) is 1.00. The molecule has 0 aliphatic rings. The van der Waals surface area contributed by atoms with Crippen LogP contribution in [0.4, 0.5) is 0 Å². The molecule has 14 heavy (non-hydrogen) atoms. The van der Waals surface area contributed by atoms with Gasteiger partial charge in [-0.2, -0.15) is 0 Å². The van der Waals surface area contributed by atoms with E-state index in [1.807, 2.05) is 13.8 Å². The number of rotatable bonds is 6. The molecule has 4 nitrogen and oxygen atoms in total. The molecule has 0 rings (SSSR count). The first-order valence-corrected chi connectivity index (χ1v) is 5.01. The van der Waals surface area contributed by atoms with Gasteiger partial charge in [0.1, 0.15) is 11.2 Å². The number of hydrogen-bond donors (Lipinski definition) is 4. The van der Waals surface area contributed by atoms with Gasteiger partial charge < -0.3 is 20.4 Å². The second kappa shape index (κ2) is 5.07. The molecule has 86 valence electrons. The van der Waals surface area contributed by atoms with Gasteiger partial charge in [-0.3, -0.25) is 0 Å². The van der Waals surface area contributed by atoms with Crippen LogP contribution in [-0.4, -0.2) is 44.8 Å². The van der Waals surface area contributed by atoms with Gasteiger partial charge in [-0.1, -0.05) is 20.8 Å². The minimum absolute atomic E-state index is 0.136. The maximum absolute atomic E-state index is 10.0. The number of hydrogen-bond acceptors (Lipinski definition) is 4. The molecule has 0 saturated heterocycles. The summed E-state index contributed by atoms with van der Waals surface area (Å²) in [6, 6.07) is 0. The van der Waals surface area contributed by atoms with Crippen molar-refractivity contribution >= 4 is 0 Å². The summed E-state index contributed by atoms with van der Waals surface area (Å²) < 4.78 is 0. The third-order valence-electron chi connectivity index (χ3n) is 2.72. The summed E-state index contributed by atoms with van der Waals surface area (Å²) in [5.74, 6) is 0.136. The molecule has 2 unspecified atom stereocenters. The normalized spacial score (nSPS) is 20.6. The fourth-order valence-corrected chi connectivity index (χ4v) is 1.67. The van der Waals surface area contributed by atoms with E-state index in [1.54, 1.807) is 6.92 Å². The van der Waals surface area contributed by atoms with Crippen molar-refractivity contribution < 1.29 is 20.4 Å². The van der Waals surface area contributed by atoms with Gasteiger partial charge in [0.15, 0.2) is 0 Å². The molecule has 2 atom stereocenters. The van der Waals surface area contributed by atoms with Crippen LogP contribution < -0.4 is 0 Å². The standard InChI is InChI=1S/C10H22O4/c1-4-9(13,6-11)10(14,7-12)5-8(2)3/h8,11-14H,4-7H2,1-3H3. The first-order valence-electron chi connectivity index (χ1n) is 5.01. The Balaban J connectivity index is 4.80. The highest BCUT2D eigenvalue weighted by molar-refractivity contribution is 4.99. The van der Waals surface area contributed by atoms with Crippen molar-refractivity contribution in [3.63, 3.8) is 0 Å². The van der Waals surface area contributed by atoms with E-state index in [2.05, 4.69) is 0 Å². The highest BCUT2D eigenvalue weighted by atomic mass is 16.4. The summed E-state index contributed by atoms with van der Waals surface area (Å²) in [5, 5.41) is 38.1. The highest BCUT2D eigenvalue weighted by Gasteiger charge is 2.47. The Kier molecular flexibility index (Phi) is 5.01. The van der Waals surface area contributed by atoms with Crippen LogP contribution in [0.5, 0.6) is 0 Å². The summed E-state index contributed by atoms with van der Waals surface area (Å²) in [4.78, 5) is 0. The Bertz CT molecular complexity index is 166. The van der Waals surface area contributed by atoms with Crippen molar-refractivity contribution in [2.45, 2.75) is 44.8 Å². The molecule has 4 heteroatoms. The Morgan fingerprint density at radius 3 is 1.64 bits per heavy atom. The molecule has 0 saturated carbocycles. The summed E-state index contributed by atoms with van der Waals surface area (Å²) in [6.07, 6.45) is 0.460. The van der Waals surface area contributed by atoms with Crippen LogP contribution in [0.25, 0.3) is 0 Å². The topological polar surface area (TPSA) is 80.9 Å². The van der Waals surface area contributed by atoms with Crippen LogP contribution >= 0.6 is 0 Å². The molecular formula is C10H22O4. The minimum atomic E-state index is -1.62. The molecule has 0 amide bonds. The third-order valence-corrected chi connectivity index (χ3v) is 2.72. The van der Waals surface area contributed by atoms with E-state index < -0.39 is 24.4 Å². The molecule has 0 aromatic rings. The molecule has 0 aromatic carbocycles. The van der Waals surface area contributed by atoms with Gasteiger partial charge in [0.25, 0.3) is 0 Å². The summed E-state index contributed by atoms with van der Waals surface area (Å²) in [7, 11) is 0. The average molecular weight is 206 g/mol. The zero-order valence-electron chi connectivity index (χ0n) is 9.19.